The van der Waals surface area contributed by atoms with E-state index in [-0.39, 0.29) is 5.91 Å². The van der Waals surface area contributed by atoms with Crippen molar-refractivity contribution in [2.75, 3.05) is 61.4 Å². The lowest BCUT2D eigenvalue weighted by molar-refractivity contribution is -0.123. The lowest BCUT2D eigenvalue weighted by atomic mass is 9.82. The minimum Gasteiger partial charge on any atom is -0.368 e. The second-order valence-corrected chi connectivity index (χ2v) is 9.90. The molecule has 2 saturated heterocycles. The van der Waals surface area contributed by atoms with Crippen LogP contribution in [0.2, 0.25) is 0 Å². The van der Waals surface area contributed by atoms with Crippen LogP contribution in [0.5, 0.6) is 0 Å². The highest BCUT2D eigenvalue weighted by Crippen LogP contribution is 2.46. The summed E-state index contributed by atoms with van der Waals surface area (Å²) in [5, 5.41) is 6.32. The fourth-order valence-corrected chi connectivity index (χ4v) is 5.86. The highest BCUT2D eigenvalue weighted by Gasteiger charge is 2.53. The maximum Gasteiger partial charge on any atom is 0.232 e. The number of fused-ring (bicyclic) bond motifs is 2. The number of amides is 1. The summed E-state index contributed by atoms with van der Waals surface area (Å²) in [4.78, 5) is 34.1. The minimum atomic E-state index is -0.501. The Morgan fingerprint density at radius 3 is 2.61 bits per heavy atom. The van der Waals surface area contributed by atoms with E-state index in [4.69, 9.17) is 4.98 Å². The van der Waals surface area contributed by atoms with Crippen LogP contribution < -0.4 is 20.4 Å². The standard InChI is InChI=1S/C24H32N8O/c1-30-10-12-31(13-11-30)18-6-7-20(26-14-18)28-23-27-15-19-21(29-23)32(17-4-2-3-5-17)16-24(19)8-9-25-22(24)33/h6-7,14-15,17H,2-5,8-13,16H2,1H3,(H,25,33)(H,26,27,28,29). The molecule has 1 unspecified atom stereocenters. The summed E-state index contributed by atoms with van der Waals surface area (Å²) in [6.45, 7) is 5.62. The van der Waals surface area contributed by atoms with Crippen molar-refractivity contribution in [2.45, 2.75) is 43.6 Å². The third kappa shape index (κ3) is 3.58. The fraction of sp³-hybridized carbons (Fsp3) is 0.583. The molecule has 2 N–H and O–H groups in total. The molecule has 0 bridgehead atoms. The molecule has 174 valence electrons. The Morgan fingerprint density at radius 2 is 1.91 bits per heavy atom. The van der Waals surface area contributed by atoms with Crippen LogP contribution in [0.4, 0.5) is 23.3 Å². The first-order valence-corrected chi connectivity index (χ1v) is 12.2. The number of nitrogens with one attached hydrogen (secondary N) is 2. The Balaban J connectivity index is 1.24. The van der Waals surface area contributed by atoms with E-state index in [0.29, 0.717) is 12.0 Å². The highest BCUT2D eigenvalue weighted by atomic mass is 16.2. The van der Waals surface area contributed by atoms with Crippen molar-refractivity contribution in [1.82, 2.24) is 25.2 Å². The average Bonchev–Trinajstić information content (AvgIpc) is 3.56. The van der Waals surface area contributed by atoms with Crippen molar-refractivity contribution in [3.05, 3.63) is 30.1 Å². The number of hydrogen-bond donors (Lipinski definition) is 2. The van der Waals surface area contributed by atoms with Gasteiger partial charge in [0.25, 0.3) is 0 Å². The van der Waals surface area contributed by atoms with Crippen LogP contribution in [-0.2, 0) is 10.2 Å². The second kappa shape index (κ2) is 8.13. The number of anilines is 4. The smallest absolute Gasteiger partial charge is 0.232 e. The first-order valence-electron chi connectivity index (χ1n) is 12.2. The van der Waals surface area contributed by atoms with Gasteiger partial charge in [-0.3, -0.25) is 4.79 Å². The second-order valence-electron chi connectivity index (χ2n) is 9.90. The Hall–Kier alpha value is -2.94. The van der Waals surface area contributed by atoms with E-state index in [1.807, 2.05) is 18.5 Å². The molecule has 2 aromatic heterocycles. The number of hydrogen-bond acceptors (Lipinski definition) is 8. The topological polar surface area (TPSA) is 89.5 Å². The third-order valence-corrected chi connectivity index (χ3v) is 7.89. The van der Waals surface area contributed by atoms with E-state index in [2.05, 4.69) is 48.4 Å². The average molecular weight is 449 g/mol. The van der Waals surface area contributed by atoms with E-state index < -0.39 is 5.41 Å². The van der Waals surface area contributed by atoms with Gasteiger partial charge in [-0.1, -0.05) is 12.8 Å². The van der Waals surface area contributed by atoms with Gasteiger partial charge in [-0.25, -0.2) is 9.97 Å². The predicted molar refractivity (Wildman–Crippen MR) is 128 cm³/mol. The lowest BCUT2D eigenvalue weighted by Crippen LogP contribution is -2.44. The molecule has 1 amide bonds. The van der Waals surface area contributed by atoms with Crippen LogP contribution >= 0.6 is 0 Å². The number of aromatic nitrogens is 3. The number of carbonyl (C=O) groups excluding carboxylic acids is 1. The number of carbonyl (C=O) groups is 1. The third-order valence-electron chi connectivity index (χ3n) is 7.89. The molecule has 3 aliphatic heterocycles. The van der Waals surface area contributed by atoms with Crippen LogP contribution in [0, 0.1) is 0 Å². The largest absolute Gasteiger partial charge is 0.368 e. The molecule has 0 aromatic carbocycles. The first-order chi connectivity index (χ1) is 16.1. The van der Waals surface area contributed by atoms with Crippen molar-refractivity contribution in [3.8, 4) is 0 Å². The lowest BCUT2D eigenvalue weighted by Gasteiger charge is -2.33. The molecule has 3 fully saturated rings. The molecular formula is C24H32N8O. The number of pyridine rings is 1. The molecule has 9 nitrogen and oxygen atoms in total. The van der Waals surface area contributed by atoms with Gasteiger partial charge >= 0.3 is 0 Å². The molecule has 2 aromatic rings. The summed E-state index contributed by atoms with van der Waals surface area (Å²) < 4.78 is 0. The monoisotopic (exact) mass is 448 g/mol. The van der Waals surface area contributed by atoms with Crippen molar-refractivity contribution in [1.29, 1.82) is 0 Å². The van der Waals surface area contributed by atoms with E-state index in [0.717, 1.165) is 68.6 Å². The van der Waals surface area contributed by atoms with Gasteiger partial charge < -0.3 is 25.3 Å². The summed E-state index contributed by atoms with van der Waals surface area (Å²) >= 11 is 0. The van der Waals surface area contributed by atoms with Crippen molar-refractivity contribution in [2.24, 2.45) is 0 Å². The van der Waals surface area contributed by atoms with Crippen LogP contribution in [0.15, 0.2) is 24.5 Å². The van der Waals surface area contributed by atoms with E-state index in [1.165, 1.54) is 25.7 Å². The predicted octanol–water partition coefficient (Wildman–Crippen LogP) is 1.89. The summed E-state index contributed by atoms with van der Waals surface area (Å²) in [5.74, 6) is 2.30. The zero-order valence-corrected chi connectivity index (χ0v) is 19.3. The normalized spacial score (nSPS) is 25.7. The molecule has 5 heterocycles. The zero-order valence-electron chi connectivity index (χ0n) is 19.3. The molecule has 1 saturated carbocycles. The van der Waals surface area contributed by atoms with Gasteiger partial charge in [0.15, 0.2) is 0 Å². The van der Waals surface area contributed by atoms with Crippen LogP contribution in [0.1, 0.15) is 37.7 Å². The molecule has 6 rings (SSSR count). The van der Waals surface area contributed by atoms with Gasteiger partial charge in [0, 0.05) is 57.1 Å². The number of rotatable bonds is 4. The Morgan fingerprint density at radius 1 is 1.09 bits per heavy atom. The summed E-state index contributed by atoms with van der Waals surface area (Å²) in [6.07, 6.45) is 9.42. The van der Waals surface area contributed by atoms with Gasteiger partial charge in [-0.2, -0.15) is 4.98 Å². The van der Waals surface area contributed by atoms with E-state index >= 15 is 0 Å². The Kier molecular flexibility index (Phi) is 5.09. The Bertz CT molecular complexity index is 1030. The maximum absolute atomic E-state index is 12.9. The van der Waals surface area contributed by atoms with Gasteiger partial charge in [0.05, 0.1) is 17.3 Å². The first kappa shape index (κ1) is 20.7. The SMILES string of the molecule is CN1CCN(c2ccc(Nc3ncc4c(n3)N(C3CCCC3)CC43CCNC3=O)nc2)CC1. The quantitative estimate of drug-likeness (QED) is 0.733. The van der Waals surface area contributed by atoms with Crippen molar-refractivity contribution in [3.63, 3.8) is 0 Å². The number of nitrogens with zero attached hydrogens (tertiary/aromatic N) is 6. The minimum absolute atomic E-state index is 0.120. The van der Waals surface area contributed by atoms with Crippen molar-refractivity contribution >= 4 is 29.2 Å². The molecule has 0 radical (unpaired) electrons. The summed E-state index contributed by atoms with van der Waals surface area (Å²) in [5.41, 5.74) is 1.62. The molecule has 1 spiro atoms. The fourth-order valence-electron chi connectivity index (χ4n) is 5.86. The van der Waals surface area contributed by atoms with Gasteiger partial charge in [-0.15, -0.1) is 0 Å². The maximum atomic E-state index is 12.9. The summed E-state index contributed by atoms with van der Waals surface area (Å²) in [6, 6.07) is 4.56. The van der Waals surface area contributed by atoms with Gasteiger partial charge in [0.1, 0.15) is 11.6 Å². The van der Waals surface area contributed by atoms with E-state index in [9.17, 15) is 4.79 Å². The molecule has 9 heteroatoms. The van der Waals surface area contributed by atoms with Crippen LogP contribution in [-0.4, -0.2) is 78.1 Å². The molecular weight excluding hydrogens is 416 g/mol. The van der Waals surface area contributed by atoms with Crippen LogP contribution in [0.3, 0.4) is 0 Å². The molecule has 4 aliphatic rings. The molecule has 1 aliphatic carbocycles. The van der Waals surface area contributed by atoms with E-state index in [1.54, 1.807) is 0 Å². The zero-order chi connectivity index (χ0) is 22.4. The van der Waals surface area contributed by atoms with Gasteiger partial charge in [0.2, 0.25) is 11.9 Å². The number of likely N-dealkylation sites (N-methyl/N-ethyl adjacent to an activating group) is 1. The number of piperazine rings is 1. The molecule has 1 atom stereocenters. The summed E-state index contributed by atoms with van der Waals surface area (Å²) in [7, 11) is 2.16. The Labute approximate surface area is 194 Å². The van der Waals surface area contributed by atoms with Crippen LogP contribution in [0.25, 0.3) is 0 Å². The highest BCUT2D eigenvalue weighted by molar-refractivity contribution is 5.94. The molecule has 33 heavy (non-hydrogen) atoms. The van der Waals surface area contributed by atoms with Gasteiger partial charge in [-0.05, 0) is 38.4 Å². The van der Waals surface area contributed by atoms with Crippen molar-refractivity contribution < 1.29 is 4.79 Å².